The maximum absolute atomic E-state index is 2.63. The fourth-order valence-corrected chi connectivity index (χ4v) is 2.09. The fourth-order valence-electron chi connectivity index (χ4n) is 2.09. The first-order valence-electron chi connectivity index (χ1n) is 7.31. The van der Waals surface area contributed by atoms with Crippen molar-refractivity contribution in [1.29, 1.82) is 0 Å². The minimum Gasteiger partial charge on any atom is -0.301 e. The van der Waals surface area contributed by atoms with Crippen LogP contribution >= 0.6 is 0 Å². The van der Waals surface area contributed by atoms with E-state index in [0.29, 0.717) is 0 Å². The van der Waals surface area contributed by atoms with Crippen molar-refractivity contribution in [3.8, 4) is 0 Å². The Labute approximate surface area is 103 Å². The van der Waals surface area contributed by atoms with E-state index in [2.05, 4.69) is 23.6 Å². The number of piperazine rings is 1. The second kappa shape index (κ2) is 11.4. The molecule has 1 heterocycles. The number of likely N-dealkylation sites (N-methyl/N-ethyl adjacent to an activating group) is 1. The van der Waals surface area contributed by atoms with Gasteiger partial charge in [0.15, 0.2) is 0 Å². The molecule has 0 bridgehead atoms. The Balaban J connectivity index is 0.00000106. The standard InChI is InChI=1S/C12H26N2.C2H6/c1-3-5-6-7-8-14-11-9-13(4-2)10-12-14;1-2/h3-12H2,1-2H3;1-2H3. The molecule has 0 amide bonds. The second-order valence-corrected chi connectivity index (χ2v) is 4.34. The summed E-state index contributed by atoms with van der Waals surface area (Å²) >= 11 is 0. The van der Waals surface area contributed by atoms with Crippen molar-refractivity contribution in [3.05, 3.63) is 0 Å². The minimum atomic E-state index is 1.23. The molecule has 0 aromatic carbocycles. The third-order valence-corrected chi connectivity index (χ3v) is 3.24. The van der Waals surface area contributed by atoms with Crippen LogP contribution in [0.2, 0.25) is 0 Å². The quantitative estimate of drug-likeness (QED) is 0.644. The van der Waals surface area contributed by atoms with Crippen LogP contribution in [0.5, 0.6) is 0 Å². The zero-order valence-corrected chi connectivity index (χ0v) is 12.0. The Morgan fingerprint density at radius 1 is 0.750 bits per heavy atom. The van der Waals surface area contributed by atoms with Crippen LogP contribution in [0.3, 0.4) is 0 Å². The molecule has 0 aromatic heterocycles. The first kappa shape index (κ1) is 15.9. The molecule has 2 heteroatoms. The van der Waals surface area contributed by atoms with E-state index in [1.54, 1.807) is 0 Å². The van der Waals surface area contributed by atoms with Gasteiger partial charge in [-0.25, -0.2) is 0 Å². The van der Waals surface area contributed by atoms with E-state index in [1.165, 1.54) is 65.0 Å². The van der Waals surface area contributed by atoms with Gasteiger partial charge in [0.05, 0.1) is 0 Å². The highest BCUT2D eigenvalue weighted by atomic mass is 15.3. The summed E-state index contributed by atoms with van der Waals surface area (Å²) in [4.78, 5) is 5.17. The van der Waals surface area contributed by atoms with Gasteiger partial charge in [-0.1, -0.05) is 47.0 Å². The Bertz CT molecular complexity index is 129. The lowest BCUT2D eigenvalue weighted by atomic mass is 10.2. The number of hydrogen-bond acceptors (Lipinski definition) is 2. The van der Waals surface area contributed by atoms with Crippen LogP contribution in [-0.2, 0) is 0 Å². The zero-order valence-electron chi connectivity index (χ0n) is 12.0. The van der Waals surface area contributed by atoms with Crippen LogP contribution in [0.1, 0.15) is 53.4 Å². The highest BCUT2D eigenvalue weighted by molar-refractivity contribution is 4.70. The SMILES string of the molecule is CC.CCCCCCN1CCN(CC)CC1. The van der Waals surface area contributed by atoms with Gasteiger partial charge in [0.2, 0.25) is 0 Å². The Hall–Kier alpha value is -0.0800. The van der Waals surface area contributed by atoms with Gasteiger partial charge in [0.25, 0.3) is 0 Å². The average molecular weight is 228 g/mol. The van der Waals surface area contributed by atoms with Crippen LogP contribution in [-0.4, -0.2) is 49.1 Å². The lowest BCUT2D eigenvalue weighted by Gasteiger charge is -2.33. The van der Waals surface area contributed by atoms with Gasteiger partial charge in [-0.3, -0.25) is 0 Å². The van der Waals surface area contributed by atoms with Crippen molar-refractivity contribution in [1.82, 2.24) is 9.80 Å². The summed E-state index contributed by atoms with van der Waals surface area (Å²) < 4.78 is 0. The van der Waals surface area contributed by atoms with Crippen LogP contribution in [0.15, 0.2) is 0 Å². The molecule has 1 aliphatic heterocycles. The van der Waals surface area contributed by atoms with Gasteiger partial charge >= 0.3 is 0 Å². The van der Waals surface area contributed by atoms with Gasteiger partial charge in [-0.2, -0.15) is 0 Å². The van der Waals surface area contributed by atoms with E-state index in [0.717, 1.165) is 0 Å². The van der Waals surface area contributed by atoms with Crippen molar-refractivity contribution in [3.63, 3.8) is 0 Å². The first-order chi connectivity index (χ1) is 7.86. The molecule has 16 heavy (non-hydrogen) atoms. The molecule has 1 saturated heterocycles. The molecule has 0 saturated carbocycles. The Morgan fingerprint density at radius 2 is 1.31 bits per heavy atom. The van der Waals surface area contributed by atoms with Gasteiger partial charge in [-0.15, -0.1) is 0 Å². The molecule has 0 aliphatic carbocycles. The summed E-state index contributed by atoms with van der Waals surface area (Å²) in [5.41, 5.74) is 0. The average Bonchev–Trinajstić information content (AvgIpc) is 2.38. The van der Waals surface area contributed by atoms with Gasteiger partial charge in [-0.05, 0) is 19.5 Å². The Kier molecular flexibility index (Phi) is 11.3. The summed E-state index contributed by atoms with van der Waals surface area (Å²) in [6.45, 7) is 16.2. The lowest BCUT2D eigenvalue weighted by molar-refractivity contribution is 0.135. The zero-order chi connectivity index (χ0) is 12.2. The molecular weight excluding hydrogens is 196 g/mol. The molecule has 0 atom stereocenters. The second-order valence-electron chi connectivity index (χ2n) is 4.34. The molecule has 2 nitrogen and oxygen atoms in total. The van der Waals surface area contributed by atoms with E-state index in [1.807, 2.05) is 13.8 Å². The molecule has 1 aliphatic rings. The van der Waals surface area contributed by atoms with Crippen LogP contribution < -0.4 is 0 Å². The molecular formula is C14H32N2. The largest absolute Gasteiger partial charge is 0.301 e. The van der Waals surface area contributed by atoms with Crippen LogP contribution in [0.25, 0.3) is 0 Å². The van der Waals surface area contributed by atoms with Crippen molar-refractivity contribution in [2.24, 2.45) is 0 Å². The highest BCUT2D eigenvalue weighted by Crippen LogP contribution is 2.05. The van der Waals surface area contributed by atoms with E-state index < -0.39 is 0 Å². The summed E-state index contributed by atoms with van der Waals surface area (Å²) in [7, 11) is 0. The normalized spacial score (nSPS) is 18.0. The van der Waals surface area contributed by atoms with Crippen LogP contribution in [0.4, 0.5) is 0 Å². The molecule has 0 spiro atoms. The van der Waals surface area contributed by atoms with Crippen molar-refractivity contribution in [2.45, 2.75) is 53.4 Å². The summed E-state index contributed by atoms with van der Waals surface area (Å²) in [6, 6.07) is 0. The van der Waals surface area contributed by atoms with Crippen molar-refractivity contribution >= 4 is 0 Å². The number of unbranched alkanes of at least 4 members (excludes halogenated alkanes) is 3. The smallest absolute Gasteiger partial charge is 0.0110 e. The molecule has 98 valence electrons. The lowest BCUT2D eigenvalue weighted by Crippen LogP contribution is -2.46. The van der Waals surface area contributed by atoms with E-state index in [9.17, 15) is 0 Å². The molecule has 1 fully saturated rings. The predicted octanol–water partition coefficient (Wildman–Crippen LogP) is 3.23. The van der Waals surface area contributed by atoms with Gasteiger partial charge in [0, 0.05) is 26.2 Å². The Morgan fingerprint density at radius 3 is 1.81 bits per heavy atom. The number of rotatable bonds is 6. The molecule has 0 N–H and O–H groups in total. The van der Waals surface area contributed by atoms with E-state index in [-0.39, 0.29) is 0 Å². The topological polar surface area (TPSA) is 6.48 Å². The van der Waals surface area contributed by atoms with E-state index >= 15 is 0 Å². The summed E-state index contributed by atoms with van der Waals surface area (Å²) in [5.74, 6) is 0. The fraction of sp³-hybridized carbons (Fsp3) is 1.00. The van der Waals surface area contributed by atoms with Gasteiger partial charge < -0.3 is 9.80 Å². The van der Waals surface area contributed by atoms with Crippen molar-refractivity contribution in [2.75, 3.05) is 39.3 Å². The monoisotopic (exact) mass is 228 g/mol. The molecule has 0 aromatic rings. The van der Waals surface area contributed by atoms with Crippen molar-refractivity contribution < 1.29 is 0 Å². The summed E-state index contributed by atoms with van der Waals surface area (Å²) in [5, 5.41) is 0. The van der Waals surface area contributed by atoms with Crippen LogP contribution in [0, 0.1) is 0 Å². The number of nitrogens with zero attached hydrogens (tertiary/aromatic N) is 2. The maximum Gasteiger partial charge on any atom is 0.0110 e. The molecule has 0 radical (unpaired) electrons. The van der Waals surface area contributed by atoms with E-state index in [4.69, 9.17) is 0 Å². The minimum absolute atomic E-state index is 1.23. The summed E-state index contributed by atoms with van der Waals surface area (Å²) in [6.07, 6.45) is 5.59. The maximum atomic E-state index is 2.63. The number of hydrogen-bond donors (Lipinski definition) is 0. The third kappa shape index (κ3) is 7.24. The molecule has 1 rings (SSSR count). The first-order valence-corrected chi connectivity index (χ1v) is 7.31. The molecule has 0 unspecified atom stereocenters. The predicted molar refractivity (Wildman–Crippen MR) is 74.0 cm³/mol. The van der Waals surface area contributed by atoms with Gasteiger partial charge in [0.1, 0.15) is 0 Å². The third-order valence-electron chi connectivity index (χ3n) is 3.24. The highest BCUT2D eigenvalue weighted by Gasteiger charge is 2.14.